The van der Waals surface area contributed by atoms with E-state index in [1.54, 1.807) is 19.1 Å². The van der Waals surface area contributed by atoms with Crippen LogP contribution in [0.1, 0.15) is 36.5 Å². The average molecular weight is 383 g/mol. The van der Waals surface area contributed by atoms with Crippen LogP contribution in [-0.4, -0.2) is 34.8 Å². The van der Waals surface area contributed by atoms with E-state index in [1.807, 2.05) is 30.3 Å². The van der Waals surface area contributed by atoms with Crippen LogP contribution < -0.4 is 16.2 Å². The van der Waals surface area contributed by atoms with Crippen molar-refractivity contribution >= 4 is 34.5 Å². The fourth-order valence-electron chi connectivity index (χ4n) is 2.99. The van der Waals surface area contributed by atoms with Crippen LogP contribution >= 0.6 is 0 Å². The Balaban J connectivity index is 1.58. The smallest absolute Gasteiger partial charge is 0.305 e. The molecule has 1 fully saturated rings. The van der Waals surface area contributed by atoms with Crippen LogP contribution in [-0.2, 0) is 14.4 Å². The van der Waals surface area contributed by atoms with Crippen LogP contribution in [0.4, 0.5) is 0 Å². The molecule has 0 aliphatic heterocycles. The van der Waals surface area contributed by atoms with Gasteiger partial charge in [0, 0.05) is 11.6 Å². The molecule has 146 valence electrons. The fraction of sp³-hybridized carbons (Fsp3) is 0.300. The summed E-state index contributed by atoms with van der Waals surface area (Å²) in [5.74, 6) is -2.67. The van der Waals surface area contributed by atoms with Gasteiger partial charge in [0.25, 0.3) is 11.8 Å². The zero-order valence-electron chi connectivity index (χ0n) is 15.3. The fourth-order valence-corrected chi connectivity index (χ4v) is 2.99. The van der Waals surface area contributed by atoms with Crippen molar-refractivity contribution in [3.63, 3.8) is 0 Å². The lowest BCUT2D eigenvalue weighted by atomic mass is 10.0. The summed E-state index contributed by atoms with van der Waals surface area (Å²) < 4.78 is 0. The van der Waals surface area contributed by atoms with E-state index in [1.165, 1.54) is 0 Å². The molecule has 0 radical (unpaired) electrons. The highest BCUT2D eigenvalue weighted by Crippen LogP contribution is 2.46. The van der Waals surface area contributed by atoms with Crippen LogP contribution in [0.15, 0.2) is 42.5 Å². The number of aliphatic carboxylic acids is 1. The average Bonchev–Trinajstić information content (AvgIpc) is 3.46. The van der Waals surface area contributed by atoms with Gasteiger partial charge in [0.1, 0.15) is 5.41 Å². The molecule has 0 spiro atoms. The highest BCUT2D eigenvalue weighted by Gasteiger charge is 2.56. The molecule has 1 aliphatic carbocycles. The summed E-state index contributed by atoms with van der Waals surface area (Å²) in [4.78, 5) is 47.8. The van der Waals surface area contributed by atoms with E-state index in [9.17, 15) is 19.2 Å². The van der Waals surface area contributed by atoms with Gasteiger partial charge in [-0.3, -0.25) is 30.0 Å². The number of amides is 3. The minimum absolute atomic E-state index is 0.234. The number of carboxylic acids is 1. The summed E-state index contributed by atoms with van der Waals surface area (Å²) in [5, 5.41) is 13.2. The highest BCUT2D eigenvalue weighted by atomic mass is 16.4. The SMILES string of the molecule is C[C@H](CC(=O)O)NC(=O)C1(C(=O)NNC(=O)c2ccc3ccccc3c2)CC1. The Morgan fingerprint density at radius 2 is 1.68 bits per heavy atom. The second-order valence-corrected chi connectivity index (χ2v) is 7.02. The number of carbonyl (C=O) groups excluding carboxylic acids is 3. The third-order valence-electron chi connectivity index (χ3n) is 4.78. The predicted octanol–water partition coefficient (Wildman–Crippen LogP) is 1.36. The number of hydrogen-bond acceptors (Lipinski definition) is 4. The van der Waals surface area contributed by atoms with Crippen molar-refractivity contribution in [3.8, 4) is 0 Å². The van der Waals surface area contributed by atoms with Gasteiger partial charge in [0.05, 0.1) is 6.42 Å². The van der Waals surface area contributed by atoms with Crippen molar-refractivity contribution in [2.45, 2.75) is 32.2 Å². The Kier molecular flexibility index (Phi) is 5.30. The van der Waals surface area contributed by atoms with E-state index in [4.69, 9.17) is 5.11 Å². The van der Waals surface area contributed by atoms with Crippen molar-refractivity contribution in [3.05, 3.63) is 48.0 Å². The molecular formula is C20H21N3O5. The maximum absolute atomic E-state index is 12.4. The lowest BCUT2D eigenvalue weighted by Crippen LogP contribution is -2.51. The lowest BCUT2D eigenvalue weighted by molar-refractivity contribution is -0.138. The van der Waals surface area contributed by atoms with Gasteiger partial charge in [-0.2, -0.15) is 0 Å². The Hall–Kier alpha value is -3.42. The summed E-state index contributed by atoms with van der Waals surface area (Å²) in [6, 6.07) is 12.2. The van der Waals surface area contributed by atoms with E-state index in [2.05, 4.69) is 16.2 Å². The van der Waals surface area contributed by atoms with Crippen LogP contribution in [0.25, 0.3) is 10.8 Å². The largest absolute Gasteiger partial charge is 0.481 e. The molecule has 4 N–H and O–H groups in total. The number of benzene rings is 2. The van der Waals surface area contributed by atoms with Gasteiger partial charge in [0.2, 0.25) is 5.91 Å². The molecule has 8 heteroatoms. The van der Waals surface area contributed by atoms with E-state index >= 15 is 0 Å². The molecular weight excluding hydrogens is 362 g/mol. The van der Waals surface area contributed by atoms with E-state index in [0.717, 1.165) is 10.8 Å². The van der Waals surface area contributed by atoms with Crippen molar-refractivity contribution in [1.29, 1.82) is 0 Å². The number of carbonyl (C=O) groups is 4. The number of carboxylic acid groups (broad SMARTS) is 1. The van der Waals surface area contributed by atoms with Gasteiger partial charge < -0.3 is 10.4 Å². The van der Waals surface area contributed by atoms with Gasteiger partial charge in [0.15, 0.2) is 0 Å². The van der Waals surface area contributed by atoms with Crippen molar-refractivity contribution in [2.24, 2.45) is 5.41 Å². The van der Waals surface area contributed by atoms with Crippen molar-refractivity contribution < 1.29 is 24.3 Å². The summed E-state index contributed by atoms with van der Waals surface area (Å²) in [6.45, 7) is 1.56. The van der Waals surface area contributed by atoms with Crippen molar-refractivity contribution in [2.75, 3.05) is 0 Å². The van der Waals surface area contributed by atoms with Crippen LogP contribution in [0.3, 0.4) is 0 Å². The zero-order valence-corrected chi connectivity index (χ0v) is 15.3. The predicted molar refractivity (Wildman–Crippen MR) is 101 cm³/mol. The van der Waals surface area contributed by atoms with Gasteiger partial charge in [-0.25, -0.2) is 0 Å². The first-order chi connectivity index (χ1) is 13.3. The molecule has 2 aromatic rings. The minimum Gasteiger partial charge on any atom is -0.481 e. The standard InChI is InChI=1S/C20H21N3O5/c1-12(10-16(24)25)21-18(27)20(8-9-20)19(28)23-22-17(26)15-7-6-13-4-2-3-5-14(13)11-15/h2-7,11-12H,8-10H2,1H3,(H,21,27)(H,22,26)(H,23,28)(H,24,25)/t12-/m1/s1. The normalized spacial score (nSPS) is 15.3. The summed E-state index contributed by atoms with van der Waals surface area (Å²) in [5.41, 5.74) is 3.77. The molecule has 2 aromatic carbocycles. The number of nitrogens with one attached hydrogen (secondary N) is 3. The third-order valence-corrected chi connectivity index (χ3v) is 4.78. The first kappa shape index (κ1) is 19.3. The van der Waals surface area contributed by atoms with Gasteiger partial charge in [-0.05, 0) is 42.7 Å². The molecule has 3 amide bonds. The molecule has 1 saturated carbocycles. The quantitative estimate of drug-likeness (QED) is 0.443. The van der Waals surface area contributed by atoms with Crippen LogP contribution in [0.2, 0.25) is 0 Å². The Bertz CT molecular complexity index is 952. The monoisotopic (exact) mass is 383 g/mol. The van der Waals surface area contributed by atoms with Crippen LogP contribution in [0.5, 0.6) is 0 Å². The van der Waals surface area contributed by atoms with E-state index in [-0.39, 0.29) is 6.42 Å². The van der Waals surface area contributed by atoms with Gasteiger partial charge >= 0.3 is 5.97 Å². The molecule has 0 heterocycles. The maximum Gasteiger partial charge on any atom is 0.305 e. The summed E-state index contributed by atoms with van der Waals surface area (Å²) >= 11 is 0. The number of hydrogen-bond donors (Lipinski definition) is 4. The molecule has 0 unspecified atom stereocenters. The molecule has 28 heavy (non-hydrogen) atoms. The molecule has 1 aliphatic rings. The number of rotatable bonds is 6. The van der Waals surface area contributed by atoms with Crippen LogP contribution in [0, 0.1) is 5.41 Å². The van der Waals surface area contributed by atoms with Gasteiger partial charge in [-0.1, -0.05) is 30.3 Å². The summed E-state index contributed by atoms with van der Waals surface area (Å²) in [7, 11) is 0. The third kappa shape index (κ3) is 4.11. The second kappa shape index (κ2) is 7.67. The van der Waals surface area contributed by atoms with Gasteiger partial charge in [-0.15, -0.1) is 0 Å². The lowest BCUT2D eigenvalue weighted by Gasteiger charge is -2.18. The van der Waals surface area contributed by atoms with E-state index in [0.29, 0.717) is 18.4 Å². The highest BCUT2D eigenvalue weighted by molar-refractivity contribution is 6.09. The Morgan fingerprint density at radius 1 is 1.00 bits per heavy atom. The summed E-state index contributed by atoms with van der Waals surface area (Å²) in [6.07, 6.45) is 0.453. The number of fused-ring (bicyclic) bond motifs is 1. The molecule has 3 rings (SSSR count). The maximum atomic E-state index is 12.4. The van der Waals surface area contributed by atoms with E-state index < -0.39 is 35.1 Å². The van der Waals surface area contributed by atoms with Crippen molar-refractivity contribution in [1.82, 2.24) is 16.2 Å². The molecule has 0 saturated heterocycles. The molecule has 8 nitrogen and oxygen atoms in total. The minimum atomic E-state index is -1.26. The first-order valence-electron chi connectivity index (χ1n) is 8.94. The molecule has 1 atom stereocenters. The topological polar surface area (TPSA) is 125 Å². The molecule has 0 aromatic heterocycles. The Morgan fingerprint density at radius 3 is 2.32 bits per heavy atom. The molecule has 0 bridgehead atoms. The number of hydrazine groups is 1. The zero-order chi connectivity index (χ0) is 20.3. The first-order valence-corrected chi connectivity index (χ1v) is 8.94. The Labute approximate surface area is 161 Å². The second-order valence-electron chi connectivity index (χ2n) is 7.02.